The van der Waals surface area contributed by atoms with Crippen LogP contribution in [0.3, 0.4) is 0 Å². The van der Waals surface area contributed by atoms with E-state index >= 15 is 0 Å². The molecular weight excluding hydrogens is 214 g/mol. The molecule has 4 nitrogen and oxygen atoms in total. The van der Waals surface area contributed by atoms with E-state index in [9.17, 15) is 0 Å². The van der Waals surface area contributed by atoms with Crippen molar-refractivity contribution in [3.63, 3.8) is 0 Å². The van der Waals surface area contributed by atoms with E-state index in [2.05, 4.69) is 30.9 Å². The molecule has 1 aromatic heterocycles. The zero-order valence-electron chi connectivity index (χ0n) is 11.1. The Hall–Kier alpha value is -0.900. The summed E-state index contributed by atoms with van der Waals surface area (Å²) in [6.45, 7) is 6.47. The number of hydrogen-bond donors (Lipinski definition) is 1. The molecule has 1 aliphatic carbocycles. The van der Waals surface area contributed by atoms with Crippen LogP contribution >= 0.6 is 0 Å². The highest BCUT2D eigenvalue weighted by Gasteiger charge is 2.37. The van der Waals surface area contributed by atoms with Gasteiger partial charge in [0.2, 0.25) is 5.89 Å². The second-order valence-electron chi connectivity index (χ2n) is 5.62. The number of rotatable bonds is 3. The van der Waals surface area contributed by atoms with Gasteiger partial charge in [-0.05, 0) is 25.2 Å². The van der Waals surface area contributed by atoms with Crippen LogP contribution in [-0.4, -0.2) is 10.1 Å². The standard InChI is InChI=1S/C13H23N3O/c1-4-10(3)11-15-12(16-17-11)13(14)7-5-6-9(2)8-13/h9-10H,4-8,14H2,1-3H3. The normalized spacial score (nSPS) is 31.4. The first-order chi connectivity index (χ1) is 8.05. The summed E-state index contributed by atoms with van der Waals surface area (Å²) < 4.78 is 5.33. The molecule has 17 heavy (non-hydrogen) atoms. The van der Waals surface area contributed by atoms with Gasteiger partial charge in [-0.15, -0.1) is 0 Å². The van der Waals surface area contributed by atoms with Gasteiger partial charge in [0.05, 0.1) is 5.54 Å². The fourth-order valence-electron chi connectivity index (χ4n) is 2.61. The summed E-state index contributed by atoms with van der Waals surface area (Å²) in [7, 11) is 0. The summed E-state index contributed by atoms with van der Waals surface area (Å²) in [5.74, 6) is 2.41. The maximum atomic E-state index is 6.44. The molecular formula is C13H23N3O. The largest absolute Gasteiger partial charge is 0.339 e. The van der Waals surface area contributed by atoms with Gasteiger partial charge in [0, 0.05) is 5.92 Å². The Kier molecular flexibility index (Phi) is 3.52. The maximum absolute atomic E-state index is 6.44. The predicted molar refractivity (Wildman–Crippen MR) is 66.5 cm³/mol. The Labute approximate surface area is 103 Å². The van der Waals surface area contributed by atoms with Crippen LogP contribution < -0.4 is 5.73 Å². The molecule has 0 radical (unpaired) electrons. The third-order valence-electron chi connectivity index (χ3n) is 3.95. The molecule has 1 aromatic rings. The first kappa shape index (κ1) is 12.6. The third kappa shape index (κ3) is 2.51. The molecule has 4 heteroatoms. The average Bonchev–Trinajstić information content (AvgIpc) is 2.77. The Morgan fingerprint density at radius 3 is 3.00 bits per heavy atom. The highest BCUT2D eigenvalue weighted by atomic mass is 16.5. The van der Waals surface area contributed by atoms with Crippen LogP contribution in [0.2, 0.25) is 0 Å². The second-order valence-corrected chi connectivity index (χ2v) is 5.62. The Morgan fingerprint density at radius 1 is 1.59 bits per heavy atom. The molecule has 0 saturated heterocycles. The quantitative estimate of drug-likeness (QED) is 0.877. The molecule has 1 heterocycles. The molecule has 1 fully saturated rings. The van der Waals surface area contributed by atoms with E-state index in [0.29, 0.717) is 17.7 Å². The number of nitrogens with zero attached hydrogens (tertiary/aromatic N) is 2. The summed E-state index contributed by atoms with van der Waals surface area (Å²) in [6, 6.07) is 0. The lowest BCUT2D eigenvalue weighted by molar-refractivity contribution is 0.221. The minimum Gasteiger partial charge on any atom is -0.339 e. The van der Waals surface area contributed by atoms with E-state index in [1.54, 1.807) is 0 Å². The summed E-state index contributed by atoms with van der Waals surface area (Å²) in [5.41, 5.74) is 6.07. The molecule has 0 aromatic carbocycles. The van der Waals surface area contributed by atoms with Gasteiger partial charge in [-0.2, -0.15) is 4.98 Å². The lowest BCUT2D eigenvalue weighted by Gasteiger charge is -2.33. The molecule has 3 unspecified atom stereocenters. The molecule has 3 atom stereocenters. The van der Waals surface area contributed by atoms with Gasteiger partial charge in [0.25, 0.3) is 0 Å². The van der Waals surface area contributed by atoms with Crippen molar-refractivity contribution in [2.24, 2.45) is 11.7 Å². The van der Waals surface area contributed by atoms with Crippen molar-refractivity contribution in [2.45, 2.75) is 64.3 Å². The number of nitrogens with two attached hydrogens (primary N) is 1. The van der Waals surface area contributed by atoms with Gasteiger partial charge < -0.3 is 10.3 Å². The Morgan fingerprint density at radius 2 is 2.35 bits per heavy atom. The van der Waals surface area contributed by atoms with Gasteiger partial charge in [-0.1, -0.05) is 38.8 Å². The molecule has 2 N–H and O–H groups in total. The van der Waals surface area contributed by atoms with Crippen molar-refractivity contribution in [1.29, 1.82) is 0 Å². The Balaban J connectivity index is 2.18. The lowest BCUT2D eigenvalue weighted by atomic mass is 9.76. The average molecular weight is 237 g/mol. The van der Waals surface area contributed by atoms with Crippen LogP contribution in [-0.2, 0) is 5.54 Å². The first-order valence-corrected chi connectivity index (χ1v) is 6.68. The molecule has 0 aliphatic heterocycles. The van der Waals surface area contributed by atoms with Crippen LogP contribution in [0.4, 0.5) is 0 Å². The van der Waals surface area contributed by atoms with E-state index in [4.69, 9.17) is 10.3 Å². The number of aromatic nitrogens is 2. The van der Waals surface area contributed by atoms with E-state index in [-0.39, 0.29) is 5.54 Å². The van der Waals surface area contributed by atoms with Gasteiger partial charge >= 0.3 is 0 Å². The highest BCUT2D eigenvalue weighted by molar-refractivity contribution is 5.07. The molecule has 2 rings (SSSR count). The SMILES string of the molecule is CCC(C)c1nc(C2(N)CCCC(C)C2)no1. The van der Waals surface area contributed by atoms with Crippen LogP contribution in [0.1, 0.15) is 70.5 Å². The van der Waals surface area contributed by atoms with Crippen LogP contribution in [0.25, 0.3) is 0 Å². The molecule has 1 aliphatic rings. The van der Waals surface area contributed by atoms with Crippen LogP contribution in [0, 0.1) is 5.92 Å². The highest BCUT2D eigenvalue weighted by Crippen LogP contribution is 2.36. The lowest BCUT2D eigenvalue weighted by Crippen LogP contribution is -2.42. The van der Waals surface area contributed by atoms with Crippen molar-refractivity contribution in [3.8, 4) is 0 Å². The van der Waals surface area contributed by atoms with E-state index in [1.807, 2.05) is 0 Å². The fraction of sp³-hybridized carbons (Fsp3) is 0.846. The minimum absolute atomic E-state index is 0.320. The van der Waals surface area contributed by atoms with Gasteiger partial charge in [-0.3, -0.25) is 0 Å². The molecule has 1 saturated carbocycles. The van der Waals surface area contributed by atoms with Crippen LogP contribution in [0.5, 0.6) is 0 Å². The summed E-state index contributed by atoms with van der Waals surface area (Å²) in [5, 5.41) is 4.10. The maximum Gasteiger partial charge on any atom is 0.229 e. The van der Waals surface area contributed by atoms with Crippen molar-refractivity contribution >= 4 is 0 Å². The summed E-state index contributed by atoms with van der Waals surface area (Å²) in [4.78, 5) is 4.51. The summed E-state index contributed by atoms with van der Waals surface area (Å²) >= 11 is 0. The molecule has 0 bridgehead atoms. The van der Waals surface area contributed by atoms with Crippen molar-refractivity contribution in [3.05, 3.63) is 11.7 Å². The van der Waals surface area contributed by atoms with Crippen LogP contribution in [0.15, 0.2) is 4.52 Å². The molecule has 96 valence electrons. The second kappa shape index (κ2) is 4.77. The zero-order chi connectivity index (χ0) is 12.5. The first-order valence-electron chi connectivity index (χ1n) is 6.68. The van der Waals surface area contributed by atoms with Crippen molar-refractivity contribution in [2.75, 3.05) is 0 Å². The van der Waals surface area contributed by atoms with Gasteiger partial charge in [0.1, 0.15) is 0 Å². The van der Waals surface area contributed by atoms with E-state index in [1.165, 1.54) is 6.42 Å². The topological polar surface area (TPSA) is 64.9 Å². The number of hydrogen-bond acceptors (Lipinski definition) is 4. The van der Waals surface area contributed by atoms with E-state index < -0.39 is 0 Å². The third-order valence-corrected chi connectivity index (χ3v) is 3.95. The fourth-order valence-corrected chi connectivity index (χ4v) is 2.61. The van der Waals surface area contributed by atoms with Gasteiger partial charge in [0.15, 0.2) is 5.82 Å². The monoisotopic (exact) mass is 237 g/mol. The minimum atomic E-state index is -0.368. The van der Waals surface area contributed by atoms with Crippen molar-refractivity contribution in [1.82, 2.24) is 10.1 Å². The Bertz CT molecular complexity index is 376. The van der Waals surface area contributed by atoms with Gasteiger partial charge in [-0.25, -0.2) is 0 Å². The van der Waals surface area contributed by atoms with E-state index in [0.717, 1.165) is 31.6 Å². The van der Waals surface area contributed by atoms with Crippen molar-refractivity contribution < 1.29 is 4.52 Å². The predicted octanol–water partition coefficient (Wildman–Crippen LogP) is 2.95. The molecule has 0 amide bonds. The smallest absolute Gasteiger partial charge is 0.229 e. The summed E-state index contributed by atoms with van der Waals surface area (Å²) in [6.07, 6.45) is 5.36. The molecule has 0 spiro atoms. The zero-order valence-corrected chi connectivity index (χ0v) is 11.1.